The van der Waals surface area contributed by atoms with Gasteiger partial charge in [-0.25, -0.2) is 0 Å². The molecule has 168 valence electrons. The molecule has 0 aliphatic heterocycles. The summed E-state index contributed by atoms with van der Waals surface area (Å²) in [6.45, 7) is 3.13. The van der Waals surface area contributed by atoms with Gasteiger partial charge in [0.25, 0.3) is 0 Å². The molecule has 0 saturated carbocycles. The number of benzene rings is 1. The van der Waals surface area contributed by atoms with Gasteiger partial charge in [-0.15, -0.1) is 15.3 Å². The van der Waals surface area contributed by atoms with Gasteiger partial charge in [0.2, 0.25) is 11.7 Å². The number of anilines is 1. The van der Waals surface area contributed by atoms with E-state index in [4.69, 9.17) is 19.1 Å². The molecule has 3 heterocycles. The van der Waals surface area contributed by atoms with E-state index in [1.54, 1.807) is 24.8 Å². The Bertz CT molecular complexity index is 1170. The van der Waals surface area contributed by atoms with Crippen LogP contribution < -0.4 is 14.4 Å². The summed E-state index contributed by atoms with van der Waals surface area (Å²) < 4.78 is 17.9. The quantitative estimate of drug-likeness (QED) is 0.370. The molecule has 0 aliphatic carbocycles. The zero-order chi connectivity index (χ0) is 22.5. The summed E-state index contributed by atoms with van der Waals surface area (Å²) >= 11 is 0. The van der Waals surface area contributed by atoms with Crippen molar-refractivity contribution < 1.29 is 14.0 Å². The fourth-order valence-corrected chi connectivity index (χ4v) is 3.32. The molecule has 0 N–H and O–H groups in total. The molecule has 10 heteroatoms. The first-order valence-corrected chi connectivity index (χ1v) is 10.6. The third-order valence-corrected chi connectivity index (χ3v) is 5.19. The molecule has 0 amide bonds. The lowest BCUT2D eigenvalue weighted by atomic mass is 10.2. The van der Waals surface area contributed by atoms with Crippen molar-refractivity contribution in [1.29, 1.82) is 0 Å². The Balaban J connectivity index is 1.49. The van der Waals surface area contributed by atoms with E-state index < -0.39 is 0 Å². The van der Waals surface area contributed by atoms with Crippen molar-refractivity contribution in [3.8, 4) is 22.9 Å². The van der Waals surface area contributed by atoms with E-state index in [0.29, 0.717) is 41.7 Å². The highest BCUT2D eigenvalue weighted by molar-refractivity contribution is 5.60. The minimum Gasteiger partial charge on any atom is -0.497 e. The first kappa shape index (κ1) is 21.5. The lowest BCUT2D eigenvalue weighted by Gasteiger charge is -2.17. The van der Waals surface area contributed by atoms with Crippen molar-refractivity contribution in [2.24, 2.45) is 0 Å². The zero-order valence-corrected chi connectivity index (χ0v) is 18.8. The first-order valence-electron chi connectivity index (χ1n) is 10.6. The summed E-state index contributed by atoms with van der Waals surface area (Å²) in [5.41, 5.74) is 1.47. The zero-order valence-electron chi connectivity index (χ0n) is 18.8. The van der Waals surface area contributed by atoms with Crippen LogP contribution >= 0.6 is 0 Å². The summed E-state index contributed by atoms with van der Waals surface area (Å²) in [4.78, 5) is 6.65. The Labute approximate surface area is 186 Å². The molecular formula is C22H27N7O3. The largest absolute Gasteiger partial charge is 0.497 e. The van der Waals surface area contributed by atoms with E-state index in [1.165, 1.54) is 0 Å². The summed E-state index contributed by atoms with van der Waals surface area (Å²) in [5.74, 6) is 3.93. The molecule has 3 aromatic heterocycles. The van der Waals surface area contributed by atoms with Gasteiger partial charge < -0.3 is 18.9 Å². The molecule has 0 unspecified atom stereocenters. The molecule has 10 nitrogen and oxygen atoms in total. The third kappa shape index (κ3) is 4.63. The van der Waals surface area contributed by atoms with Crippen LogP contribution in [0.15, 0.2) is 34.9 Å². The number of ether oxygens (including phenoxy) is 2. The average molecular weight is 438 g/mol. The van der Waals surface area contributed by atoms with E-state index in [1.807, 2.05) is 31.3 Å². The van der Waals surface area contributed by atoms with Crippen LogP contribution in [0.2, 0.25) is 0 Å². The maximum atomic E-state index is 5.45. The highest BCUT2D eigenvalue weighted by Crippen LogP contribution is 2.28. The number of aromatic nitrogens is 6. The summed E-state index contributed by atoms with van der Waals surface area (Å²) in [6.07, 6.45) is 3.34. The van der Waals surface area contributed by atoms with Gasteiger partial charge in [0.1, 0.15) is 17.3 Å². The second-order valence-electron chi connectivity index (χ2n) is 7.47. The van der Waals surface area contributed by atoms with Crippen LogP contribution in [0.5, 0.6) is 11.5 Å². The van der Waals surface area contributed by atoms with E-state index in [-0.39, 0.29) is 0 Å². The SMILES string of the molecule is CCCCN(C)c1ccc2nnc(CCc3nc(-c4cc(OC)cc(OC)c4)no3)n2n1. The van der Waals surface area contributed by atoms with E-state index in [0.717, 1.165) is 36.6 Å². The number of methoxy groups -OCH3 is 2. The number of rotatable bonds is 10. The summed E-state index contributed by atoms with van der Waals surface area (Å²) in [5, 5.41) is 17.3. The Morgan fingerprint density at radius 2 is 1.81 bits per heavy atom. The van der Waals surface area contributed by atoms with E-state index in [2.05, 4.69) is 32.2 Å². The van der Waals surface area contributed by atoms with Crippen LogP contribution in [-0.2, 0) is 12.8 Å². The average Bonchev–Trinajstić information content (AvgIpc) is 3.47. The van der Waals surface area contributed by atoms with Crippen LogP contribution in [0.1, 0.15) is 31.5 Å². The number of aryl methyl sites for hydroxylation is 2. The Hall–Kier alpha value is -3.69. The lowest BCUT2D eigenvalue weighted by Crippen LogP contribution is -2.20. The Morgan fingerprint density at radius 1 is 1.03 bits per heavy atom. The molecule has 4 aromatic rings. The molecule has 0 bridgehead atoms. The van der Waals surface area contributed by atoms with Crippen molar-refractivity contribution in [2.45, 2.75) is 32.6 Å². The van der Waals surface area contributed by atoms with Gasteiger partial charge in [0.15, 0.2) is 11.5 Å². The summed E-state index contributed by atoms with van der Waals surface area (Å²) in [7, 11) is 5.25. The van der Waals surface area contributed by atoms with Crippen molar-refractivity contribution in [3.05, 3.63) is 42.0 Å². The normalized spacial score (nSPS) is 11.1. The minimum atomic E-state index is 0.473. The number of nitrogens with zero attached hydrogens (tertiary/aromatic N) is 7. The van der Waals surface area contributed by atoms with Gasteiger partial charge in [-0.3, -0.25) is 0 Å². The Kier molecular flexibility index (Phi) is 6.48. The van der Waals surface area contributed by atoms with E-state index >= 15 is 0 Å². The standard InChI is InChI=1S/C22H27N7O3/c1-5-6-11-28(2)20-8-7-18-24-25-19(29(18)26-20)9-10-21-23-22(27-32-21)15-12-16(30-3)14-17(13-15)31-4/h7-8,12-14H,5-6,9-11H2,1-4H3. The van der Waals surface area contributed by atoms with Crippen LogP contribution in [0, 0.1) is 0 Å². The highest BCUT2D eigenvalue weighted by atomic mass is 16.5. The number of unbranched alkanes of at least 4 members (excludes halogenated alkanes) is 1. The van der Waals surface area contributed by atoms with Gasteiger partial charge in [-0.1, -0.05) is 18.5 Å². The molecule has 0 atom stereocenters. The first-order chi connectivity index (χ1) is 15.6. The maximum absolute atomic E-state index is 5.45. The summed E-state index contributed by atoms with van der Waals surface area (Å²) in [6, 6.07) is 9.37. The topological polar surface area (TPSA) is 104 Å². The predicted molar refractivity (Wildman–Crippen MR) is 119 cm³/mol. The number of hydrogen-bond donors (Lipinski definition) is 0. The molecule has 0 fully saturated rings. The smallest absolute Gasteiger partial charge is 0.227 e. The van der Waals surface area contributed by atoms with Crippen LogP contribution in [-0.4, -0.2) is 57.8 Å². The molecule has 32 heavy (non-hydrogen) atoms. The molecule has 0 radical (unpaired) electrons. The van der Waals surface area contributed by atoms with Crippen molar-refractivity contribution in [3.63, 3.8) is 0 Å². The third-order valence-electron chi connectivity index (χ3n) is 5.19. The van der Waals surface area contributed by atoms with Crippen LogP contribution in [0.25, 0.3) is 17.0 Å². The second-order valence-corrected chi connectivity index (χ2v) is 7.47. The van der Waals surface area contributed by atoms with Gasteiger partial charge in [0.05, 0.1) is 14.2 Å². The molecule has 4 rings (SSSR count). The number of hydrogen-bond acceptors (Lipinski definition) is 9. The van der Waals surface area contributed by atoms with Gasteiger partial charge >= 0.3 is 0 Å². The van der Waals surface area contributed by atoms with Crippen LogP contribution in [0.3, 0.4) is 0 Å². The fraction of sp³-hybridized carbons (Fsp3) is 0.409. The van der Waals surface area contributed by atoms with Crippen molar-refractivity contribution in [2.75, 3.05) is 32.7 Å². The lowest BCUT2D eigenvalue weighted by molar-refractivity contribution is 0.377. The van der Waals surface area contributed by atoms with Gasteiger partial charge in [0, 0.05) is 38.1 Å². The molecular weight excluding hydrogens is 410 g/mol. The Morgan fingerprint density at radius 3 is 2.53 bits per heavy atom. The fourth-order valence-electron chi connectivity index (χ4n) is 3.32. The van der Waals surface area contributed by atoms with Gasteiger partial charge in [-0.05, 0) is 30.7 Å². The minimum absolute atomic E-state index is 0.473. The van der Waals surface area contributed by atoms with Crippen molar-refractivity contribution in [1.82, 2.24) is 30.0 Å². The molecule has 0 spiro atoms. The van der Waals surface area contributed by atoms with Crippen LogP contribution in [0.4, 0.5) is 5.82 Å². The maximum Gasteiger partial charge on any atom is 0.227 e. The monoisotopic (exact) mass is 437 g/mol. The predicted octanol–water partition coefficient (Wildman–Crippen LogP) is 3.21. The molecule has 0 saturated heterocycles. The van der Waals surface area contributed by atoms with Gasteiger partial charge in [-0.2, -0.15) is 9.50 Å². The molecule has 1 aromatic carbocycles. The second kappa shape index (κ2) is 9.63. The molecule has 0 aliphatic rings. The number of fused-ring (bicyclic) bond motifs is 1. The van der Waals surface area contributed by atoms with E-state index in [9.17, 15) is 0 Å². The highest BCUT2D eigenvalue weighted by Gasteiger charge is 2.14. The van der Waals surface area contributed by atoms with Crippen molar-refractivity contribution >= 4 is 11.5 Å².